The van der Waals surface area contributed by atoms with E-state index in [-0.39, 0.29) is 36.6 Å². The van der Waals surface area contributed by atoms with Gasteiger partial charge in [0.2, 0.25) is 0 Å². The van der Waals surface area contributed by atoms with Gasteiger partial charge < -0.3 is 15.7 Å². The molecule has 3 rings (SSSR count). The highest BCUT2D eigenvalue weighted by molar-refractivity contribution is 14.0. The number of benzene rings is 1. The summed E-state index contributed by atoms with van der Waals surface area (Å²) >= 11 is 1.77. The number of hydrogen-bond acceptors (Lipinski definition) is 4. The van der Waals surface area contributed by atoms with Crippen LogP contribution in [0.5, 0.6) is 0 Å². The third-order valence-corrected chi connectivity index (χ3v) is 5.92. The number of likely N-dealkylation sites (tertiary alicyclic amines) is 1. The minimum absolute atomic E-state index is 0. The van der Waals surface area contributed by atoms with Crippen molar-refractivity contribution in [2.24, 2.45) is 4.99 Å². The lowest BCUT2D eigenvalue weighted by molar-refractivity contribution is 0.176. The highest BCUT2D eigenvalue weighted by Crippen LogP contribution is 2.28. The van der Waals surface area contributed by atoms with E-state index in [2.05, 4.69) is 33.0 Å². The summed E-state index contributed by atoms with van der Waals surface area (Å²) in [6.45, 7) is 5.77. The largest absolute Gasteiger partial charge is 0.386 e. The first-order valence-corrected chi connectivity index (χ1v) is 10.8. The van der Waals surface area contributed by atoms with E-state index in [1.54, 1.807) is 29.5 Å². The van der Waals surface area contributed by atoms with Crippen LogP contribution in [0.15, 0.2) is 46.8 Å². The molecular weight excluding hydrogens is 502 g/mol. The Labute approximate surface area is 193 Å². The van der Waals surface area contributed by atoms with Crippen molar-refractivity contribution in [3.05, 3.63) is 58.0 Å². The zero-order chi connectivity index (χ0) is 19.8. The molecule has 160 valence electrons. The number of rotatable bonds is 8. The quantitative estimate of drug-likeness (QED) is 0.274. The molecule has 0 amide bonds. The second-order valence-corrected chi connectivity index (χ2v) is 7.89. The van der Waals surface area contributed by atoms with Crippen LogP contribution >= 0.6 is 35.3 Å². The second kappa shape index (κ2) is 12.5. The Hall–Kier alpha value is -1.23. The fourth-order valence-corrected chi connectivity index (χ4v) is 4.34. The van der Waals surface area contributed by atoms with Crippen LogP contribution in [0.25, 0.3) is 0 Å². The first-order valence-electron chi connectivity index (χ1n) is 9.91. The summed E-state index contributed by atoms with van der Waals surface area (Å²) in [7, 11) is 0. The molecule has 3 N–H and O–H groups in total. The van der Waals surface area contributed by atoms with Gasteiger partial charge in [0.15, 0.2) is 5.96 Å². The molecule has 1 aliphatic heterocycles. The topological polar surface area (TPSA) is 59.9 Å². The van der Waals surface area contributed by atoms with Crippen LogP contribution < -0.4 is 10.6 Å². The van der Waals surface area contributed by atoms with Gasteiger partial charge >= 0.3 is 0 Å². The summed E-state index contributed by atoms with van der Waals surface area (Å²) in [5.74, 6) is 0.240. The van der Waals surface area contributed by atoms with Crippen molar-refractivity contribution in [1.29, 1.82) is 0 Å². The maximum Gasteiger partial charge on any atom is 0.191 e. The molecule has 0 aliphatic carbocycles. The van der Waals surface area contributed by atoms with Gasteiger partial charge in [-0.3, -0.25) is 9.89 Å². The third kappa shape index (κ3) is 6.91. The van der Waals surface area contributed by atoms with Crippen LogP contribution in [-0.4, -0.2) is 48.7 Å². The number of thiophene rings is 1. The molecule has 1 fully saturated rings. The van der Waals surface area contributed by atoms with E-state index < -0.39 is 11.9 Å². The van der Waals surface area contributed by atoms with Crippen molar-refractivity contribution < 1.29 is 9.50 Å². The first-order chi connectivity index (χ1) is 13.7. The Morgan fingerprint density at radius 2 is 1.97 bits per heavy atom. The molecule has 0 saturated carbocycles. The van der Waals surface area contributed by atoms with Gasteiger partial charge in [-0.1, -0.05) is 24.3 Å². The average Bonchev–Trinajstić information content (AvgIpc) is 3.41. The predicted molar refractivity (Wildman–Crippen MR) is 129 cm³/mol. The van der Waals surface area contributed by atoms with Crippen molar-refractivity contribution in [1.82, 2.24) is 15.5 Å². The Morgan fingerprint density at radius 3 is 2.62 bits per heavy atom. The van der Waals surface area contributed by atoms with Crippen LogP contribution in [0, 0.1) is 5.82 Å². The van der Waals surface area contributed by atoms with Crippen molar-refractivity contribution in [3.8, 4) is 0 Å². The molecule has 1 aliphatic rings. The highest BCUT2D eigenvalue weighted by Gasteiger charge is 2.24. The summed E-state index contributed by atoms with van der Waals surface area (Å²) < 4.78 is 13.9. The number of aliphatic hydroxyl groups excluding tert-OH is 1. The molecule has 2 unspecified atom stereocenters. The predicted octanol–water partition coefficient (Wildman–Crippen LogP) is 3.93. The Kier molecular flexibility index (Phi) is 10.3. The Bertz CT molecular complexity index is 753. The Balaban J connectivity index is 0.00000300. The van der Waals surface area contributed by atoms with Crippen molar-refractivity contribution in [3.63, 3.8) is 0 Å². The summed E-state index contributed by atoms with van der Waals surface area (Å²) in [4.78, 5) is 8.58. The van der Waals surface area contributed by atoms with Gasteiger partial charge in [0, 0.05) is 23.5 Å². The summed E-state index contributed by atoms with van der Waals surface area (Å²) in [6.07, 6.45) is 1.54. The van der Waals surface area contributed by atoms with Crippen molar-refractivity contribution in [2.75, 3.05) is 32.7 Å². The van der Waals surface area contributed by atoms with E-state index in [9.17, 15) is 9.50 Å². The lowest BCUT2D eigenvalue weighted by Gasteiger charge is -2.25. The number of aliphatic hydroxyl groups is 1. The van der Waals surface area contributed by atoms with E-state index >= 15 is 0 Å². The third-order valence-electron chi connectivity index (χ3n) is 4.95. The smallest absolute Gasteiger partial charge is 0.191 e. The van der Waals surface area contributed by atoms with E-state index in [1.165, 1.54) is 23.8 Å². The van der Waals surface area contributed by atoms with E-state index in [1.807, 2.05) is 6.92 Å². The monoisotopic (exact) mass is 532 g/mol. The maximum absolute atomic E-state index is 13.9. The molecule has 0 radical (unpaired) electrons. The molecule has 2 heterocycles. The van der Waals surface area contributed by atoms with Crippen LogP contribution in [0.4, 0.5) is 4.39 Å². The van der Waals surface area contributed by atoms with Crippen LogP contribution in [0.2, 0.25) is 0 Å². The molecule has 2 atom stereocenters. The number of nitrogens with one attached hydrogen (secondary N) is 2. The molecule has 8 heteroatoms. The van der Waals surface area contributed by atoms with Gasteiger partial charge in [0.25, 0.3) is 0 Å². The minimum atomic E-state index is -0.934. The highest BCUT2D eigenvalue weighted by atomic mass is 127. The zero-order valence-corrected chi connectivity index (χ0v) is 19.8. The van der Waals surface area contributed by atoms with Crippen molar-refractivity contribution in [2.45, 2.75) is 31.9 Å². The van der Waals surface area contributed by atoms with Gasteiger partial charge in [-0.15, -0.1) is 35.3 Å². The van der Waals surface area contributed by atoms with Gasteiger partial charge in [-0.05, 0) is 50.4 Å². The fraction of sp³-hybridized carbons (Fsp3) is 0.476. The fourth-order valence-electron chi connectivity index (χ4n) is 3.49. The SMILES string of the molecule is CCNC(=NCC(c1cccs1)N1CCCC1)NCC(O)c1ccccc1F.I. The number of guanidine groups is 1. The van der Waals surface area contributed by atoms with Gasteiger partial charge in [0.05, 0.1) is 18.7 Å². The summed E-state index contributed by atoms with van der Waals surface area (Å²) in [6, 6.07) is 10.8. The Morgan fingerprint density at radius 1 is 1.21 bits per heavy atom. The van der Waals surface area contributed by atoms with Crippen LogP contribution in [0.3, 0.4) is 0 Å². The molecule has 1 aromatic carbocycles. The lowest BCUT2D eigenvalue weighted by Crippen LogP contribution is -2.40. The van der Waals surface area contributed by atoms with Gasteiger partial charge in [-0.2, -0.15) is 0 Å². The molecule has 0 bridgehead atoms. The van der Waals surface area contributed by atoms with Crippen molar-refractivity contribution >= 4 is 41.3 Å². The minimum Gasteiger partial charge on any atom is -0.386 e. The van der Waals surface area contributed by atoms with E-state index in [0.29, 0.717) is 18.1 Å². The maximum atomic E-state index is 13.9. The molecule has 0 spiro atoms. The number of aliphatic imine (C=N–C) groups is 1. The molecule has 1 saturated heterocycles. The first kappa shape index (κ1) is 24.0. The second-order valence-electron chi connectivity index (χ2n) is 6.91. The standard InChI is InChI=1S/C21H29FN4OS.HI/c1-2-23-21(25-15-19(27)16-8-3-4-9-17(16)22)24-14-18(20-10-7-13-28-20)26-11-5-6-12-26;/h3-4,7-10,13,18-19,27H,2,5-6,11-12,14-15H2,1H3,(H2,23,24,25);1H. The number of nitrogens with zero attached hydrogens (tertiary/aromatic N) is 2. The normalized spacial score (nSPS) is 16.9. The molecule has 2 aromatic rings. The van der Waals surface area contributed by atoms with Gasteiger partial charge in [-0.25, -0.2) is 4.39 Å². The molecule has 5 nitrogen and oxygen atoms in total. The number of hydrogen-bond donors (Lipinski definition) is 3. The van der Waals surface area contributed by atoms with Crippen LogP contribution in [0.1, 0.15) is 42.4 Å². The zero-order valence-electron chi connectivity index (χ0n) is 16.7. The molecule has 1 aromatic heterocycles. The lowest BCUT2D eigenvalue weighted by atomic mass is 10.1. The summed E-state index contributed by atoms with van der Waals surface area (Å²) in [5.41, 5.74) is 0.291. The molecular formula is C21H30FIN4OS. The molecule has 29 heavy (non-hydrogen) atoms. The average molecular weight is 532 g/mol. The van der Waals surface area contributed by atoms with Gasteiger partial charge in [0.1, 0.15) is 5.82 Å². The van der Waals surface area contributed by atoms with E-state index in [4.69, 9.17) is 4.99 Å². The summed E-state index contributed by atoms with van der Waals surface area (Å²) in [5, 5.41) is 18.8. The van der Waals surface area contributed by atoms with Crippen LogP contribution in [-0.2, 0) is 0 Å². The number of halogens is 2. The van der Waals surface area contributed by atoms with E-state index in [0.717, 1.165) is 19.6 Å².